The SMILES string of the molecule is O=C(O)c1ccc(N=Cc2cccc3cccnc23)cc1. The fourth-order valence-electron chi connectivity index (χ4n) is 2.07. The first kappa shape index (κ1) is 13.0. The largest absolute Gasteiger partial charge is 0.478 e. The first-order valence-electron chi connectivity index (χ1n) is 6.45. The normalized spacial score (nSPS) is 11.0. The molecule has 102 valence electrons. The third kappa shape index (κ3) is 2.79. The van der Waals surface area contributed by atoms with Crippen molar-refractivity contribution in [2.24, 2.45) is 4.99 Å². The number of carbonyl (C=O) groups is 1. The van der Waals surface area contributed by atoms with E-state index in [2.05, 4.69) is 9.98 Å². The number of hydrogen-bond donors (Lipinski definition) is 1. The number of carboxylic acids is 1. The van der Waals surface area contributed by atoms with Crippen LogP contribution in [0, 0.1) is 0 Å². The summed E-state index contributed by atoms with van der Waals surface area (Å²) >= 11 is 0. The van der Waals surface area contributed by atoms with E-state index in [-0.39, 0.29) is 5.56 Å². The Kier molecular flexibility index (Phi) is 3.43. The maximum Gasteiger partial charge on any atom is 0.335 e. The lowest BCUT2D eigenvalue weighted by atomic mass is 10.1. The lowest BCUT2D eigenvalue weighted by Crippen LogP contribution is -1.94. The van der Waals surface area contributed by atoms with Crippen LogP contribution in [0.5, 0.6) is 0 Å². The van der Waals surface area contributed by atoms with Crippen molar-refractivity contribution in [3.05, 3.63) is 71.9 Å². The zero-order chi connectivity index (χ0) is 14.7. The summed E-state index contributed by atoms with van der Waals surface area (Å²) in [5.74, 6) is -0.941. The topological polar surface area (TPSA) is 62.5 Å². The molecule has 1 N–H and O–H groups in total. The second-order valence-corrected chi connectivity index (χ2v) is 4.53. The number of nitrogens with zero attached hydrogens (tertiary/aromatic N) is 2. The average Bonchev–Trinajstić information content (AvgIpc) is 2.53. The second-order valence-electron chi connectivity index (χ2n) is 4.53. The van der Waals surface area contributed by atoms with Crippen molar-refractivity contribution in [1.29, 1.82) is 0 Å². The Morgan fingerprint density at radius 2 is 1.81 bits per heavy atom. The molecule has 1 aromatic heterocycles. The Balaban J connectivity index is 1.92. The number of para-hydroxylation sites is 1. The summed E-state index contributed by atoms with van der Waals surface area (Å²) in [6.07, 6.45) is 3.49. The van der Waals surface area contributed by atoms with E-state index >= 15 is 0 Å². The first-order chi connectivity index (χ1) is 10.2. The summed E-state index contributed by atoms with van der Waals surface area (Å²) in [5.41, 5.74) is 2.77. The Morgan fingerprint density at radius 1 is 1.05 bits per heavy atom. The molecular formula is C17H12N2O2. The smallest absolute Gasteiger partial charge is 0.335 e. The average molecular weight is 276 g/mol. The van der Waals surface area contributed by atoms with Gasteiger partial charge in [0.2, 0.25) is 0 Å². The number of carboxylic acid groups (broad SMARTS) is 1. The zero-order valence-corrected chi connectivity index (χ0v) is 11.1. The summed E-state index contributed by atoms with van der Waals surface area (Å²) in [5, 5.41) is 9.91. The van der Waals surface area contributed by atoms with Gasteiger partial charge in [0.05, 0.1) is 16.8 Å². The van der Waals surface area contributed by atoms with E-state index in [4.69, 9.17) is 5.11 Å². The molecule has 0 spiro atoms. The van der Waals surface area contributed by atoms with Crippen molar-refractivity contribution >= 4 is 28.8 Å². The van der Waals surface area contributed by atoms with Gasteiger partial charge in [-0.1, -0.05) is 24.3 Å². The molecule has 1 heterocycles. The van der Waals surface area contributed by atoms with E-state index in [9.17, 15) is 4.79 Å². The van der Waals surface area contributed by atoms with Gasteiger partial charge in [0.15, 0.2) is 0 Å². The van der Waals surface area contributed by atoms with E-state index in [1.165, 1.54) is 12.1 Å². The molecule has 2 aromatic carbocycles. The number of benzene rings is 2. The molecule has 0 aliphatic rings. The number of fused-ring (bicyclic) bond motifs is 1. The van der Waals surface area contributed by atoms with Gasteiger partial charge in [0.25, 0.3) is 0 Å². The van der Waals surface area contributed by atoms with Crippen molar-refractivity contribution in [2.45, 2.75) is 0 Å². The summed E-state index contributed by atoms with van der Waals surface area (Å²) in [6, 6.07) is 16.2. The van der Waals surface area contributed by atoms with Crippen LogP contribution < -0.4 is 0 Å². The van der Waals surface area contributed by atoms with Crippen LogP contribution in [0.2, 0.25) is 0 Å². The molecule has 0 aliphatic carbocycles. The van der Waals surface area contributed by atoms with Crippen molar-refractivity contribution < 1.29 is 9.90 Å². The number of aromatic carboxylic acids is 1. The molecule has 21 heavy (non-hydrogen) atoms. The summed E-state index contributed by atoms with van der Waals surface area (Å²) < 4.78 is 0. The molecule has 4 nitrogen and oxygen atoms in total. The van der Waals surface area contributed by atoms with Crippen LogP contribution >= 0.6 is 0 Å². The van der Waals surface area contributed by atoms with Gasteiger partial charge < -0.3 is 5.11 Å². The summed E-state index contributed by atoms with van der Waals surface area (Å²) in [7, 11) is 0. The van der Waals surface area contributed by atoms with E-state index in [1.807, 2.05) is 30.3 Å². The molecular weight excluding hydrogens is 264 g/mol. The molecule has 0 saturated heterocycles. The molecule has 0 unspecified atom stereocenters. The summed E-state index contributed by atoms with van der Waals surface area (Å²) in [6.45, 7) is 0. The van der Waals surface area contributed by atoms with Gasteiger partial charge >= 0.3 is 5.97 Å². The number of hydrogen-bond acceptors (Lipinski definition) is 3. The van der Waals surface area contributed by atoms with Gasteiger partial charge in [-0.25, -0.2) is 4.79 Å². The predicted octanol–water partition coefficient (Wildman–Crippen LogP) is 3.68. The first-order valence-corrected chi connectivity index (χ1v) is 6.45. The van der Waals surface area contributed by atoms with E-state index in [0.717, 1.165) is 16.5 Å². The van der Waals surface area contributed by atoms with Crippen LogP contribution in [0.25, 0.3) is 10.9 Å². The Hall–Kier alpha value is -3.01. The number of pyridine rings is 1. The third-order valence-electron chi connectivity index (χ3n) is 3.13. The molecule has 0 fully saturated rings. The molecule has 0 radical (unpaired) electrons. The van der Waals surface area contributed by atoms with Crippen LogP contribution in [0.1, 0.15) is 15.9 Å². The molecule has 0 aliphatic heterocycles. The Morgan fingerprint density at radius 3 is 2.57 bits per heavy atom. The third-order valence-corrected chi connectivity index (χ3v) is 3.13. The van der Waals surface area contributed by atoms with E-state index in [0.29, 0.717) is 5.69 Å². The predicted molar refractivity (Wildman–Crippen MR) is 82.4 cm³/mol. The number of aromatic nitrogens is 1. The highest BCUT2D eigenvalue weighted by Gasteiger charge is 2.01. The van der Waals surface area contributed by atoms with Gasteiger partial charge in [-0.15, -0.1) is 0 Å². The molecule has 3 rings (SSSR count). The molecule has 4 heteroatoms. The highest BCUT2D eigenvalue weighted by atomic mass is 16.4. The van der Waals surface area contributed by atoms with E-state index in [1.54, 1.807) is 24.5 Å². The molecule has 3 aromatic rings. The quantitative estimate of drug-likeness (QED) is 0.742. The summed E-state index contributed by atoms with van der Waals surface area (Å²) in [4.78, 5) is 19.5. The lowest BCUT2D eigenvalue weighted by molar-refractivity contribution is 0.0697. The van der Waals surface area contributed by atoms with Crippen LogP contribution in [-0.2, 0) is 0 Å². The minimum atomic E-state index is -0.941. The fraction of sp³-hybridized carbons (Fsp3) is 0. The molecule has 0 bridgehead atoms. The maximum atomic E-state index is 10.8. The van der Waals surface area contributed by atoms with Crippen LogP contribution in [0.4, 0.5) is 5.69 Å². The highest BCUT2D eigenvalue weighted by molar-refractivity contribution is 5.98. The number of aliphatic imine (C=N–C) groups is 1. The van der Waals surface area contributed by atoms with Crippen molar-refractivity contribution in [2.75, 3.05) is 0 Å². The second kappa shape index (κ2) is 5.54. The lowest BCUT2D eigenvalue weighted by Gasteiger charge is -2.00. The van der Waals surface area contributed by atoms with Crippen molar-refractivity contribution in [3.8, 4) is 0 Å². The minimum Gasteiger partial charge on any atom is -0.478 e. The zero-order valence-electron chi connectivity index (χ0n) is 11.1. The van der Waals surface area contributed by atoms with Crippen LogP contribution in [0.3, 0.4) is 0 Å². The standard InChI is InChI=1S/C17H12N2O2/c20-17(21)13-6-8-15(9-7-13)19-11-14-4-1-3-12-5-2-10-18-16(12)14/h1-11H,(H,20,21). The van der Waals surface area contributed by atoms with Gasteiger partial charge in [-0.3, -0.25) is 9.98 Å². The highest BCUT2D eigenvalue weighted by Crippen LogP contribution is 2.17. The molecule has 0 saturated carbocycles. The Labute approximate surface area is 121 Å². The number of rotatable bonds is 3. The van der Waals surface area contributed by atoms with Gasteiger partial charge in [-0.05, 0) is 30.3 Å². The minimum absolute atomic E-state index is 0.251. The van der Waals surface area contributed by atoms with Crippen LogP contribution in [-0.4, -0.2) is 22.3 Å². The fourth-order valence-corrected chi connectivity index (χ4v) is 2.07. The van der Waals surface area contributed by atoms with Crippen LogP contribution in [0.15, 0.2) is 65.8 Å². The van der Waals surface area contributed by atoms with Gasteiger partial charge in [0, 0.05) is 23.4 Å². The Bertz CT molecular complexity index is 818. The van der Waals surface area contributed by atoms with Gasteiger partial charge in [-0.2, -0.15) is 0 Å². The van der Waals surface area contributed by atoms with Gasteiger partial charge in [0.1, 0.15) is 0 Å². The van der Waals surface area contributed by atoms with Crippen molar-refractivity contribution in [1.82, 2.24) is 4.98 Å². The molecule has 0 atom stereocenters. The maximum absolute atomic E-state index is 10.8. The van der Waals surface area contributed by atoms with E-state index < -0.39 is 5.97 Å². The monoisotopic (exact) mass is 276 g/mol. The van der Waals surface area contributed by atoms with Crippen molar-refractivity contribution in [3.63, 3.8) is 0 Å². The molecule has 0 amide bonds.